The van der Waals surface area contributed by atoms with Gasteiger partial charge in [-0.1, -0.05) is 20.3 Å². The average molecular weight is 181 g/mol. The summed E-state index contributed by atoms with van der Waals surface area (Å²) < 4.78 is 0. The van der Waals surface area contributed by atoms with Crippen molar-refractivity contribution in [1.82, 2.24) is 5.32 Å². The quantitative estimate of drug-likeness (QED) is 0.706. The van der Waals surface area contributed by atoms with Gasteiger partial charge in [0.2, 0.25) is 0 Å². The molecule has 76 valence electrons. The predicted octanol–water partition coefficient (Wildman–Crippen LogP) is 2.81. The molecule has 0 saturated heterocycles. The standard InChI is InChI=1S/C12H23N/c1-12(2)8-4-5-10(12)11(13-3)9-6-7-9/h9-11,13H,4-8H2,1-3H3. The zero-order valence-electron chi connectivity index (χ0n) is 9.27. The third-order valence-electron chi connectivity index (χ3n) is 4.24. The van der Waals surface area contributed by atoms with E-state index in [-0.39, 0.29) is 0 Å². The molecule has 0 heterocycles. The van der Waals surface area contributed by atoms with Crippen LogP contribution in [0.1, 0.15) is 46.0 Å². The molecule has 0 amide bonds. The molecule has 2 aliphatic rings. The molecule has 2 rings (SSSR count). The lowest BCUT2D eigenvalue weighted by molar-refractivity contribution is 0.188. The molecule has 1 N–H and O–H groups in total. The maximum atomic E-state index is 3.56. The smallest absolute Gasteiger partial charge is 0.0126 e. The Hall–Kier alpha value is -0.0400. The van der Waals surface area contributed by atoms with Crippen molar-refractivity contribution >= 4 is 0 Å². The van der Waals surface area contributed by atoms with Crippen molar-refractivity contribution in [2.45, 2.75) is 52.0 Å². The van der Waals surface area contributed by atoms with Crippen LogP contribution in [0.15, 0.2) is 0 Å². The van der Waals surface area contributed by atoms with Crippen LogP contribution in [0.4, 0.5) is 0 Å². The van der Waals surface area contributed by atoms with E-state index in [0.717, 1.165) is 17.9 Å². The lowest BCUT2D eigenvalue weighted by Crippen LogP contribution is -2.40. The second-order valence-electron chi connectivity index (χ2n) is 5.64. The van der Waals surface area contributed by atoms with E-state index in [0.29, 0.717) is 5.41 Å². The lowest BCUT2D eigenvalue weighted by atomic mass is 9.76. The molecule has 13 heavy (non-hydrogen) atoms. The van der Waals surface area contributed by atoms with Crippen LogP contribution in [0.5, 0.6) is 0 Å². The Morgan fingerprint density at radius 1 is 1.23 bits per heavy atom. The van der Waals surface area contributed by atoms with E-state index in [1.54, 1.807) is 0 Å². The zero-order chi connectivity index (χ0) is 9.47. The minimum Gasteiger partial charge on any atom is -0.316 e. The first-order valence-electron chi connectivity index (χ1n) is 5.82. The Morgan fingerprint density at radius 3 is 2.31 bits per heavy atom. The first kappa shape index (κ1) is 9.51. The highest BCUT2D eigenvalue weighted by Gasteiger charge is 2.44. The van der Waals surface area contributed by atoms with Gasteiger partial charge < -0.3 is 5.32 Å². The summed E-state index contributed by atoms with van der Waals surface area (Å²) in [6.07, 6.45) is 7.27. The minimum absolute atomic E-state index is 0.594. The normalized spacial score (nSPS) is 34.8. The SMILES string of the molecule is CNC(C1CC1)C1CCCC1(C)C. The second-order valence-corrected chi connectivity index (χ2v) is 5.64. The molecule has 2 unspecified atom stereocenters. The summed E-state index contributed by atoms with van der Waals surface area (Å²) in [6, 6.07) is 0.817. The van der Waals surface area contributed by atoms with Gasteiger partial charge in [0.15, 0.2) is 0 Å². The molecule has 0 aliphatic heterocycles. The van der Waals surface area contributed by atoms with Gasteiger partial charge in [-0.25, -0.2) is 0 Å². The largest absolute Gasteiger partial charge is 0.316 e. The van der Waals surface area contributed by atoms with Crippen LogP contribution in [0.3, 0.4) is 0 Å². The Balaban J connectivity index is 2.04. The van der Waals surface area contributed by atoms with Crippen molar-refractivity contribution in [3.63, 3.8) is 0 Å². The predicted molar refractivity (Wildman–Crippen MR) is 56.7 cm³/mol. The van der Waals surface area contributed by atoms with Gasteiger partial charge in [-0.05, 0) is 50.0 Å². The molecule has 2 atom stereocenters. The van der Waals surface area contributed by atoms with Gasteiger partial charge in [-0.3, -0.25) is 0 Å². The van der Waals surface area contributed by atoms with Crippen molar-refractivity contribution in [2.24, 2.45) is 17.3 Å². The first-order valence-corrected chi connectivity index (χ1v) is 5.82. The van der Waals surface area contributed by atoms with Crippen molar-refractivity contribution in [2.75, 3.05) is 7.05 Å². The Bertz CT molecular complexity index is 182. The van der Waals surface area contributed by atoms with Crippen molar-refractivity contribution in [3.05, 3.63) is 0 Å². The van der Waals surface area contributed by atoms with Crippen molar-refractivity contribution in [3.8, 4) is 0 Å². The van der Waals surface area contributed by atoms with E-state index < -0.39 is 0 Å². The Kier molecular flexibility index (Phi) is 2.39. The highest BCUT2D eigenvalue weighted by Crippen LogP contribution is 2.49. The molecular weight excluding hydrogens is 158 g/mol. The maximum Gasteiger partial charge on any atom is 0.0126 e. The van der Waals surface area contributed by atoms with Gasteiger partial charge in [0.1, 0.15) is 0 Å². The molecule has 1 nitrogen and oxygen atoms in total. The van der Waals surface area contributed by atoms with Gasteiger partial charge in [-0.15, -0.1) is 0 Å². The van der Waals surface area contributed by atoms with E-state index in [9.17, 15) is 0 Å². The third-order valence-corrected chi connectivity index (χ3v) is 4.24. The molecule has 0 spiro atoms. The monoisotopic (exact) mass is 181 g/mol. The van der Waals surface area contributed by atoms with E-state index in [1.807, 2.05) is 0 Å². The molecule has 0 aromatic carbocycles. The van der Waals surface area contributed by atoms with Crippen LogP contribution in [-0.2, 0) is 0 Å². The molecule has 2 aliphatic carbocycles. The Labute approximate surface area is 82.3 Å². The third kappa shape index (κ3) is 1.76. The average Bonchev–Trinajstić information content (AvgIpc) is 2.81. The van der Waals surface area contributed by atoms with Crippen LogP contribution < -0.4 is 5.32 Å². The van der Waals surface area contributed by atoms with Gasteiger partial charge in [0.05, 0.1) is 0 Å². The number of hydrogen-bond donors (Lipinski definition) is 1. The number of nitrogens with one attached hydrogen (secondary N) is 1. The molecule has 0 bridgehead atoms. The van der Waals surface area contributed by atoms with Crippen LogP contribution in [0.25, 0.3) is 0 Å². The van der Waals surface area contributed by atoms with E-state index >= 15 is 0 Å². The highest BCUT2D eigenvalue weighted by atomic mass is 14.9. The van der Waals surface area contributed by atoms with Crippen LogP contribution in [0, 0.1) is 17.3 Å². The van der Waals surface area contributed by atoms with Crippen molar-refractivity contribution in [1.29, 1.82) is 0 Å². The van der Waals surface area contributed by atoms with Gasteiger partial charge in [0, 0.05) is 6.04 Å². The molecule has 1 heteroatoms. The molecular formula is C12H23N. The minimum atomic E-state index is 0.594. The van der Waals surface area contributed by atoms with Crippen molar-refractivity contribution < 1.29 is 0 Å². The maximum absolute atomic E-state index is 3.56. The summed E-state index contributed by atoms with van der Waals surface area (Å²) in [5.41, 5.74) is 0.594. The number of hydrogen-bond acceptors (Lipinski definition) is 1. The molecule has 2 fully saturated rings. The van der Waals surface area contributed by atoms with Crippen LogP contribution in [0.2, 0.25) is 0 Å². The molecule has 0 aromatic rings. The molecule has 0 radical (unpaired) electrons. The summed E-state index contributed by atoms with van der Waals surface area (Å²) in [7, 11) is 2.15. The fourth-order valence-corrected chi connectivity index (χ4v) is 3.24. The number of rotatable bonds is 3. The Morgan fingerprint density at radius 2 is 1.92 bits per heavy atom. The van der Waals surface area contributed by atoms with Gasteiger partial charge >= 0.3 is 0 Å². The van der Waals surface area contributed by atoms with Crippen LogP contribution >= 0.6 is 0 Å². The fourth-order valence-electron chi connectivity index (χ4n) is 3.24. The summed E-state index contributed by atoms with van der Waals surface area (Å²) in [6.45, 7) is 4.91. The van der Waals surface area contributed by atoms with Gasteiger partial charge in [-0.2, -0.15) is 0 Å². The summed E-state index contributed by atoms with van der Waals surface area (Å²) in [5.74, 6) is 1.94. The zero-order valence-corrected chi connectivity index (χ0v) is 9.27. The lowest BCUT2D eigenvalue weighted by Gasteiger charge is -2.34. The van der Waals surface area contributed by atoms with E-state index in [2.05, 4.69) is 26.2 Å². The summed E-state index contributed by atoms with van der Waals surface area (Å²) >= 11 is 0. The second kappa shape index (κ2) is 3.27. The highest BCUT2D eigenvalue weighted by molar-refractivity contribution is 4.98. The first-order chi connectivity index (χ1) is 6.15. The summed E-state index contributed by atoms with van der Waals surface area (Å²) in [4.78, 5) is 0. The summed E-state index contributed by atoms with van der Waals surface area (Å²) in [5, 5.41) is 3.56. The molecule has 2 saturated carbocycles. The van der Waals surface area contributed by atoms with Crippen LogP contribution in [-0.4, -0.2) is 13.1 Å². The fraction of sp³-hybridized carbons (Fsp3) is 1.00. The molecule has 0 aromatic heterocycles. The van der Waals surface area contributed by atoms with E-state index in [4.69, 9.17) is 0 Å². The van der Waals surface area contributed by atoms with E-state index in [1.165, 1.54) is 32.1 Å². The van der Waals surface area contributed by atoms with Gasteiger partial charge in [0.25, 0.3) is 0 Å². The topological polar surface area (TPSA) is 12.0 Å².